The van der Waals surface area contributed by atoms with Crippen molar-refractivity contribution < 1.29 is 9.59 Å². The van der Waals surface area contributed by atoms with E-state index < -0.39 is 11.3 Å². The predicted molar refractivity (Wildman–Crippen MR) is 169 cm³/mol. The Labute approximate surface area is 269 Å². The number of nitrogens with zero attached hydrogens (tertiary/aromatic N) is 4. The maximum absolute atomic E-state index is 12.8. The van der Waals surface area contributed by atoms with Gasteiger partial charge in [-0.05, 0) is 85.5 Å². The van der Waals surface area contributed by atoms with Crippen LogP contribution in [0.4, 0.5) is 0 Å². The third-order valence-corrected chi connectivity index (χ3v) is 10.2. The zero-order valence-electron chi connectivity index (χ0n) is 22.3. The quantitative estimate of drug-likeness (QED) is 0.280. The summed E-state index contributed by atoms with van der Waals surface area (Å²) in [6, 6.07) is 21.1. The molecule has 2 aromatic carbocycles. The number of benzene rings is 2. The molecule has 42 heavy (non-hydrogen) atoms. The molecule has 4 aliphatic rings. The second-order valence-electron chi connectivity index (χ2n) is 10.8. The molecule has 2 N–H and O–H groups in total. The van der Waals surface area contributed by atoms with E-state index in [1.54, 1.807) is 0 Å². The molecule has 0 radical (unpaired) electrons. The van der Waals surface area contributed by atoms with Crippen LogP contribution in [0.2, 0.25) is 10.0 Å². The minimum atomic E-state index is -0.490. The first-order valence-corrected chi connectivity index (χ1v) is 15.9. The summed E-state index contributed by atoms with van der Waals surface area (Å²) in [7, 11) is 0. The van der Waals surface area contributed by atoms with E-state index in [0.717, 1.165) is 44.7 Å². The number of amides is 2. The molecule has 8 rings (SSSR count). The monoisotopic (exact) mass is 730 g/mol. The fourth-order valence-corrected chi connectivity index (χ4v) is 7.79. The van der Waals surface area contributed by atoms with Gasteiger partial charge in [-0.25, -0.2) is 0 Å². The lowest BCUT2D eigenvalue weighted by atomic mass is 9.96. The molecule has 0 saturated carbocycles. The summed E-state index contributed by atoms with van der Waals surface area (Å²) in [6.07, 6.45) is 1.96. The standard InChI is InChI=1S/2C15H13BrClN3O/c16-11-7-13-14(21)20-6-5-18-15(20,9-19(13)8-11)10-1-3-12(17)4-2-10;16-13-6-5-12-14(21)20-8-7-18-15(20,9-19(12)13)10-1-3-11(17)4-2-10/h1-4,7-8,18H,5-6,9H2;1-6,18H,7-9H2. The number of nitrogens with one attached hydrogen (secondary N) is 2. The average Bonchev–Trinajstić information content (AvgIpc) is 3.76. The van der Waals surface area contributed by atoms with Crippen LogP contribution in [0.25, 0.3) is 0 Å². The first-order valence-electron chi connectivity index (χ1n) is 13.6. The van der Waals surface area contributed by atoms with Gasteiger partial charge in [-0.2, -0.15) is 0 Å². The predicted octanol–water partition coefficient (Wildman–Crippen LogP) is 5.63. The summed E-state index contributed by atoms with van der Waals surface area (Å²) in [5, 5.41) is 8.43. The van der Waals surface area contributed by atoms with Gasteiger partial charge in [0, 0.05) is 46.9 Å². The lowest BCUT2D eigenvalue weighted by molar-refractivity contribution is 0.0389. The van der Waals surface area contributed by atoms with Crippen LogP contribution in [0, 0.1) is 0 Å². The molecule has 12 heteroatoms. The van der Waals surface area contributed by atoms with Gasteiger partial charge in [0.15, 0.2) is 0 Å². The number of carbonyl (C=O) groups excluding carboxylic acids is 2. The normalized spacial score (nSPS) is 24.1. The van der Waals surface area contributed by atoms with Crippen LogP contribution >= 0.6 is 55.1 Å². The fraction of sp³-hybridized carbons (Fsp3) is 0.267. The van der Waals surface area contributed by atoms with E-state index in [9.17, 15) is 9.59 Å². The van der Waals surface area contributed by atoms with Gasteiger partial charge in [-0.15, -0.1) is 0 Å². The van der Waals surface area contributed by atoms with Gasteiger partial charge >= 0.3 is 0 Å². The van der Waals surface area contributed by atoms with Crippen LogP contribution in [0.5, 0.6) is 0 Å². The molecule has 0 spiro atoms. The average molecular weight is 733 g/mol. The highest BCUT2D eigenvalue weighted by atomic mass is 79.9. The Morgan fingerprint density at radius 3 is 1.79 bits per heavy atom. The van der Waals surface area contributed by atoms with E-state index >= 15 is 0 Å². The van der Waals surface area contributed by atoms with Gasteiger partial charge in [-0.3, -0.25) is 20.2 Å². The highest BCUT2D eigenvalue weighted by Crippen LogP contribution is 2.39. The Hall–Kier alpha value is -2.60. The minimum Gasteiger partial charge on any atom is -0.338 e. The van der Waals surface area contributed by atoms with Crippen molar-refractivity contribution in [1.82, 2.24) is 29.6 Å². The third kappa shape index (κ3) is 4.38. The molecular formula is C30H26Br2Cl2N6O2. The Morgan fingerprint density at radius 1 is 0.690 bits per heavy atom. The van der Waals surface area contributed by atoms with Gasteiger partial charge in [-0.1, -0.05) is 47.5 Å². The van der Waals surface area contributed by atoms with Crippen LogP contribution in [-0.4, -0.2) is 56.9 Å². The number of rotatable bonds is 2. The van der Waals surface area contributed by atoms with E-state index in [2.05, 4.69) is 42.5 Å². The van der Waals surface area contributed by atoms with Crippen LogP contribution in [0.15, 0.2) is 82.0 Å². The van der Waals surface area contributed by atoms with Gasteiger partial charge in [0.1, 0.15) is 22.7 Å². The van der Waals surface area contributed by atoms with E-state index in [4.69, 9.17) is 23.2 Å². The van der Waals surface area contributed by atoms with E-state index in [0.29, 0.717) is 36.2 Å². The second-order valence-corrected chi connectivity index (χ2v) is 13.4. The number of aromatic nitrogens is 2. The van der Waals surface area contributed by atoms with Crippen molar-refractivity contribution in [2.24, 2.45) is 0 Å². The van der Waals surface area contributed by atoms with Gasteiger partial charge in [0.2, 0.25) is 0 Å². The van der Waals surface area contributed by atoms with Gasteiger partial charge < -0.3 is 18.9 Å². The highest BCUT2D eigenvalue weighted by Gasteiger charge is 2.50. The Bertz CT molecular complexity index is 1690. The van der Waals surface area contributed by atoms with Crippen molar-refractivity contribution in [2.75, 3.05) is 26.2 Å². The molecule has 216 valence electrons. The molecule has 0 aliphatic carbocycles. The molecule has 4 aliphatic heterocycles. The summed E-state index contributed by atoms with van der Waals surface area (Å²) in [6.45, 7) is 4.39. The molecular weight excluding hydrogens is 707 g/mol. The first-order chi connectivity index (χ1) is 20.2. The molecule has 2 saturated heterocycles. The Morgan fingerprint density at radius 2 is 1.21 bits per heavy atom. The van der Waals surface area contributed by atoms with E-state index in [1.807, 2.05) is 91.9 Å². The Kier molecular flexibility index (Phi) is 7.07. The number of fused-ring (bicyclic) bond motifs is 4. The largest absolute Gasteiger partial charge is 0.338 e. The lowest BCUT2D eigenvalue weighted by Gasteiger charge is -2.43. The molecule has 2 fully saturated rings. The van der Waals surface area contributed by atoms with Gasteiger partial charge in [0.25, 0.3) is 11.8 Å². The molecule has 4 aromatic rings. The first kappa shape index (κ1) is 28.2. The topological polar surface area (TPSA) is 74.5 Å². The van der Waals surface area contributed by atoms with Crippen molar-refractivity contribution >= 4 is 66.9 Å². The molecule has 6 heterocycles. The number of carbonyl (C=O) groups is 2. The van der Waals surface area contributed by atoms with Crippen molar-refractivity contribution in [3.05, 3.63) is 115 Å². The minimum absolute atomic E-state index is 0.0619. The summed E-state index contributed by atoms with van der Waals surface area (Å²) in [4.78, 5) is 29.4. The van der Waals surface area contributed by atoms with Crippen molar-refractivity contribution in [1.29, 1.82) is 0 Å². The van der Waals surface area contributed by atoms with Gasteiger partial charge in [0.05, 0.1) is 17.7 Å². The van der Waals surface area contributed by atoms with Crippen LogP contribution in [0.1, 0.15) is 32.1 Å². The number of hydrogen-bond donors (Lipinski definition) is 2. The maximum atomic E-state index is 12.8. The second kappa shape index (κ2) is 10.5. The highest BCUT2D eigenvalue weighted by molar-refractivity contribution is 9.10. The molecule has 0 bridgehead atoms. The molecule has 2 aromatic heterocycles. The van der Waals surface area contributed by atoms with Crippen molar-refractivity contribution in [3.8, 4) is 0 Å². The lowest BCUT2D eigenvalue weighted by Crippen LogP contribution is -2.57. The van der Waals surface area contributed by atoms with Crippen LogP contribution < -0.4 is 10.6 Å². The molecule has 2 amide bonds. The summed E-state index contributed by atoms with van der Waals surface area (Å²) >= 11 is 19.0. The van der Waals surface area contributed by atoms with Crippen LogP contribution in [-0.2, 0) is 24.4 Å². The summed E-state index contributed by atoms with van der Waals surface area (Å²) in [5.74, 6) is 0.124. The molecule has 8 nitrogen and oxygen atoms in total. The maximum Gasteiger partial charge on any atom is 0.272 e. The Balaban J connectivity index is 0.000000137. The molecule has 2 atom stereocenters. The molecule has 2 unspecified atom stereocenters. The van der Waals surface area contributed by atoms with Crippen molar-refractivity contribution in [2.45, 2.75) is 24.4 Å². The number of hydrogen-bond acceptors (Lipinski definition) is 4. The summed E-state index contributed by atoms with van der Waals surface area (Å²) in [5.41, 5.74) is 2.62. The zero-order valence-corrected chi connectivity index (χ0v) is 27.0. The van der Waals surface area contributed by atoms with E-state index in [-0.39, 0.29) is 11.8 Å². The van der Waals surface area contributed by atoms with Crippen molar-refractivity contribution in [3.63, 3.8) is 0 Å². The van der Waals surface area contributed by atoms with Crippen LogP contribution in [0.3, 0.4) is 0 Å². The number of halogens is 4. The SMILES string of the molecule is O=C1c2cc(Br)cn2CC2(c3ccc(Cl)cc3)NCCN12.O=C1c2ccc(Br)n2CC2(c3ccc(Cl)cc3)NCCN12. The fourth-order valence-electron chi connectivity index (χ4n) is 6.63. The smallest absolute Gasteiger partial charge is 0.272 e. The third-order valence-electron chi connectivity index (χ3n) is 8.58. The zero-order chi connectivity index (χ0) is 29.2. The van der Waals surface area contributed by atoms with E-state index in [1.165, 1.54) is 0 Å². The summed E-state index contributed by atoms with van der Waals surface area (Å²) < 4.78 is 5.88.